The van der Waals surface area contributed by atoms with Crippen molar-refractivity contribution >= 4 is 5.91 Å². The van der Waals surface area contributed by atoms with Gasteiger partial charge in [0.05, 0.1) is 24.9 Å². The SMILES string of the molecule is Cc1cccc(-c2cnc3n2CCN(C(=O)Cc2ccccc2)C3)c1. The van der Waals surface area contributed by atoms with Crippen LogP contribution in [0.25, 0.3) is 11.3 Å². The van der Waals surface area contributed by atoms with Gasteiger partial charge in [0.1, 0.15) is 5.82 Å². The number of aryl methyl sites for hydroxylation is 1. The molecule has 1 aromatic heterocycles. The maximum atomic E-state index is 12.6. The van der Waals surface area contributed by atoms with Crippen molar-refractivity contribution in [3.05, 3.63) is 77.7 Å². The number of hydrogen-bond donors (Lipinski definition) is 0. The molecule has 0 bridgehead atoms. The normalized spacial score (nSPS) is 13.6. The Balaban J connectivity index is 1.52. The summed E-state index contributed by atoms with van der Waals surface area (Å²) in [4.78, 5) is 19.1. The first-order valence-electron chi connectivity index (χ1n) is 8.64. The lowest BCUT2D eigenvalue weighted by Gasteiger charge is -2.29. The van der Waals surface area contributed by atoms with Crippen molar-refractivity contribution in [2.45, 2.75) is 26.4 Å². The maximum Gasteiger partial charge on any atom is 0.227 e. The van der Waals surface area contributed by atoms with Crippen LogP contribution in [0.3, 0.4) is 0 Å². The lowest BCUT2D eigenvalue weighted by molar-refractivity contribution is -0.132. The predicted octanol–water partition coefficient (Wildman–Crippen LogP) is 3.44. The number of carbonyl (C=O) groups excluding carboxylic acids is 1. The highest BCUT2D eigenvalue weighted by molar-refractivity contribution is 5.79. The largest absolute Gasteiger partial charge is 0.333 e. The maximum absolute atomic E-state index is 12.6. The van der Waals surface area contributed by atoms with Gasteiger partial charge in [-0.25, -0.2) is 4.98 Å². The van der Waals surface area contributed by atoms with Gasteiger partial charge in [0.25, 0.3) is 0 Å². The highest BCUT2D eigenvalue weighted by Crippen LogP contribution is 2.25. The summed E-state index contributed by atoms with van der Waals surface area (Å²) in [6, 6.07) is 18.4. The van der Waals surface area contributed by atoms with Gasteiger partial charge in [0.15, 0.2) is 0 Å². The van der Waals surface area contributed by atoms with Crippen LogP contribution in [-0.4, -0.2) is 26.9 Å². The molecule has 0 spiro atoms. The van der Waals surface area contributed by atoms with Crippen LogP contribution in [0, 0.1) is 6.92 Å². The molecule has 0 aliphatic carbocycles. The fraction of sp³-hybridized carbons (Fsp3) is 0.238. The van der Waals surface area contributed by atoms with Crippen LogP contribution in [0.5, 0.6) is 0 Å². The summed E-state index contributed by atoms with van der Waals surface area (Å²) in [5, 5.41) is 0. The monoisotopic (exact) mass is 331 g/mol. The van der Waals surface area contributed by atoms with E-state index in [1.165, 1.54) is 11.1 Å². The Morgan fingerprint density at radius 3 is 2.72 bits per heavy atom. The molecule has 0 radical (unpaired) electrons. The molecule has 0 atom stereocenters. The van der Waals surface area contributed by atoms with Crippen molar-refractivity contribution in [1.29, 1.82) is 0 Å². The van der Waals surface area contributed by atoms with E-state index >= 15 is 0 Å². The Labute approximate surface area is 147 Å². The van der Waals surface area contributed by atoms with Crippen LogP contribution >= 0.6 is 0 Å². The summed E-state index contributed by atoms with van der Waals surface area (Å²) >= 11 is 0. The van der Waals surface area contributed by atoms with Gasteiger partial charge >= 0.3 is 0 Å². The Hall–Kier alpha value is -2.88. The van der Waals surface area contributed by atoms with Gasteiger partial charge in [-0.1, -0.05) is 54.1 Å². The smallest absolute Gasteiger partial charge is 0.227 e. The van der Waals surface area contributed by atoms with E-state index in [1.54, 1.807) is 0 Å². The Morgan fingerprint density at radius 2 is 1.92 bits per heavy atom. The van der Waals surface area contributed by atoms with Gasteiger partial charge in [-0.3, -0.25) is 4.79 Å². The van der Waals surface area contributed by atoms with Crippen LogP contribution in [0.15, 0.2) is 60.8 Å². The third-order valence-corrected chi connectivity index (χ3v) is 4.73. The first kappa shape index (κ1) is 15.6. The third-order valence-electron chi connectivity index (χ3n) is 4.73. The molecular formula is C21H21N3O. The molecule has 1 aliphatic rings. The molecule has 4 heteroatoms. The number of fused-ring (bicyclic) bond motifs is 1. The minimum absolute atomic E-state index is 0.164. The number of carbonyl (C=O) groups is 1. The molecule has 0 saturated carbocycles. The van der Waals surface area contributed by atoms with Crippen molar-refractivity contribution in [2.75, 3.05) is 6.54 Å². The van der Waals surface area contributed by atoms with Crippen LogP contribution in [0.2, 0.25) is 0 Å². The van der Waals surface area contributed by atoms with Crippen molar-refractivity contribution in [3.63, 3.8) is 0 Å². The molecule has 1 aliphatic heterocycles. The van der Waals surface area contributed by atoms with Crippen molar-refractivity contribution in [2.24, 2.45) is 0 Å². The molecule has 0 fully saturated rings. The highest BCUT2D eigenvalue weighted by Gasteiger charge is 2.23. The molecule has 0 saturated heterocycles. The van der Waals surface area contributed by atoms with Gasteiger partial charge in [0.2, 0.25) is 5.91 Å². The Bertz CT molecular complexity index is 899. The number of imidazole rings is 1. The Morgan fingerprint density at radius 1 is 1.08 bits per heavy atom. The zero-order chi connectivity index (χ0) is 17.2. The third kappa shape index (κ3) is 3.20. The first-order valence-corrected chi connectivity index (χ1v) is 8.64. The number of rotatable bonds is 3. The first-order chi connectivity index (χ1) is 12.2. The summed E-state index contributed by atoms with van der Waals surface area (Å²) in [7, 11) is 0. The average molecular weight is 331 g/mol. The molecule has 4 rings (SSSR count). The zero-order valence-electron chi connectivity index (χ0n) is 14.4. The summed E-state index contributed by atoms with van der Waals surface area (Å²) in [6.45, 7) is 4.20. The molecule has 1 amide bonds. The van der Waals surface area contributed by atoms with Gasteiger partial charge in [-0.2, -0.15) is 0 Å². The second-order valence-corrected chi connectivity index (χ2v) is 6.56. The summed E-state index contributed by atoms with van der Waals surface area (Å²) in [5.74, 6) is 1.13. The number of aromatic nitrogens is 2. The summed E-state index contributed by atoms with van der Waals surface area (Å²) in [6.07, 6.45) is 2.38. The second kappa shape index (κ2) is 6.55. The molecule has 2 heterocycles. The van der Waals surface area contributed by atoms with Gasteiger partial charge in [0, 0.05) is 18.7 Å². The minimum atomic E-state index is 0.164. The lowest BCUT2D eigenvalue weighted by Crippen LogP contribution is -2.39. The fourth-order valence-electron chi connectivity index (χ4n) is 3.39. The van der Waals surface area contributed by atoms with Crippen molar-refractivity contribution in [1.82, 2.24) is 14.5 Å². The number of amides is 1. The number of nitrogens with zero attached hydrogens (tertiary/aromatic N) is 3. The summed E-state index contributed by atoms with van der Waals surface area (Å²) in [5.41, 5.74) is 4.61. The second-order valence-electron chi connectivity index (χ2n) is 6.56. The van der Waals surface area contributed by atoms with Gasteiger partial charge < -0.3 is 9.47 Å². The molecular weight excluding hydrogens is 310 g/mol. The van der Waals surface area contributed by atoms with Crippen LogP contribution in [-0.2, 0) is 24.3 Å². The van der Waals surface area contributed by atoms with Gasteiger partial charge in [-0.15, -0.1) is 0 Å². The van der Waals surface area contributed by atoms with Crippen molar-refractivity contribution < 1.29 is 4.79 Å². The number of hydrogen-bond acceptors (Lipinski definition) is 2. The number of benzene rings is 2. The Kier molecular flexibility index (Phi) is 4.10. The molecule has 0 N–H and O–H groups in total. The zero-order valence-corrected chi connectivity index (χ0v) is 14.4. The van der Waals surface area contributed by atoms with E-state index in [9.17, 15) is 4.79 Å². The van der Waals surface area contributed by atoms with E-state index in [0.717, 1.165) is 30.2 Å². The molecule has 25 heavy (non-hydrogen) atoms. The quantitative estimate of drug-likeness (QED) is 0.737. The van der Waals surface area contributed by atoms with E-state index in [4.69, 9.17) is 0 Å². The van der Waals surface area contributed by atoms with E-state index in [1.807, 2.05) is 41.4 Å². The van der Waals surface area contributed by atoms with E-state index in [-0.39, 0.29) is 5.91 Å². The fourth-order valence-corrected chi connectivity index (χ4v) is 3.39. The average Bonchev–Trinajstić information content (AvgIpc) is 3.06. The lowest BCUT2D eigenvalue weighted by atomic mass is 10.1. The summed E-state index contributed by atoms with van der Waals surface area (Å²) < 4.78 is 2.24. The molecule has 2 aromatic carbocycles. The van der Waals surface area contributed by atoms with Gasteiger partial charge in [-0.05, 0) is 18.6 Å². The topological polar surface area (TPSA) is 38.1 Å². The molecule has 126 valence electrons. The molecule has 4 nitrogen and oxygen atoms in total. The molecule has 3 aromatic rings. The van der Waals surface area contributed by atoms with E-state index in [2.05, 4.69) is 40.7 Å². The molecule has 0 unspecified atom stereocenters. The van der Waals surface area contributed by atoms with E-state index in [0.29, 0.717) is 13.0 Å². The van der Waals surface area contributed by atoms with Crippen molar-refractivity contribution in [3.8, 4) is 11.3 Å². The van der Waals surface area contributed by atoms with Crippen LogP contribution in [0.1, 0.15) is 17.0 Å². The highest BCUT2D eigenvalue weighted by atomic mass is 16.2. The minimum Gasteiger partial charge on any atom is -0.333 e. The van der Waals surface area contributed by atoms with E-state index < -0.39 is 0 Å². The predicted molar refractivity (Wildman–Crippen MR) is 98.0 cm³/mol. The van der Waals surface area contributed by atoms with Crippen LogP contribution in [0.4, 0.5) is 0 Å². The standard InChI is InChI=1S/C21H21N3O/c1-16-6-5-9-18(12-16)19-14-22-20-15-23(10-11-24(19)20)21(25)13-17-7-3-2-4-8-17/h2-9,12,14H,10-11,13,15H2,1H3. The van der Waals surface area contributed by atoms with Crippen LogP contribution < -0.4 is 0 Å².